The maximum Gasteiger partial charge on any atom is 0.0627 e. The maximum absolute atomic E-state index is 5.43. The largest absolute Gasteiger partial charge is 0.330 e. The molecule has 0 fully saturated rings. The molecule has 0 atom stereocenters. The van der Waals surface area contributed by atoms with Gasteiger partial charge >= 0.3 is 0 Å². The van der Waals surface area contributed by atoms with Crippen LogP contribution in [0.25, 0.3) is 0 Å². The predicted molar refractivity (Wildman–Crippen MR) is 53.5 cm³/mol. The van der Waals surface area contributed by atoms with E-state index in [0.717, 1.165) is 19.4 Å². The molecule has 1 heterocycles. The molecule has 0 saturated heterocycles. The van der Waals surface area contributed by atoms with Gasteiger partial charge in [0, 0.05) is 0 Å². The van der Waals surface area contributed by atoms with E-state index in [0.29, 0.717) is 0 Å². The standard InChI is InChI=1S/C8H13NS2/c1-10-8-7(3-2-5-9)4-6-11-8/h4,6H,2-3,5,9H2,1H3. The summed E-state index contributed by atoms with van der Waals surface area (Å²) in [7, 11) is 0. The molecule has 2 N–H and O–H groups in total. The number of thiophene rings is 1. The summed E-state index contributed by atoms with van der Waals surface area (Å²) in [5.41, 5.74) is 6.90. The van der Waals surface area contributed by atoms with Crippen LogP contribution in [0.4, 0.5) is 0 Å². The minimum absolute atomic E-state index is 0.795. The van der Waals surface area contributed by atoms with E-state index < -0.39 is 0 Å². The highest BCUT2D eigenvalue weighted by atomic mass is 32.2. The molecule has 0 spiro atoms. The van der Waals surface area contributed by atoms with E-state index in [9.17, 15) is 0 Å². The van der Waals surface area contributed by atoms with Crippen molar-refractivity contribution in [3.8, 4) is 0 Å². The Bertz CT molecular complexity index is 208. The average molecular weight is 187 g/mol. The molecule has 0 aliphatic carbocycles. The summed E-state index contributed by atoms with van der Waals surface area (Å²) >= 11 is 3.65. The molecule has 0 aliphatic heterocycles. The normalized spacial score (nSPS) is 10.4. The summed E-state index contributed by atoms with van der Waals surface area (Å²) in [6, 6.07) is 2.20. The van der Waals surface area contributed by atoms with Crippen LogP contribution in [0, 0.1) is 0 Å². The molecule has 0 aliphatic rings. The van der Waals surface area contributed by atoms with Crippen LogP contribution in [-0.4, -0.2) is 12.8 Å². The molecule has 1 aromatic rings. The lowest BCUT2D eigenvalue weighted by atomic mass is 10.2. The Balaban J connectivity index is 2.54. The zero-order valence-corrected chi connectivity index (χ0v) is 8.30. The molecule has 3 heteroatoms. The first-order chi connectivity index (χ1) is 5.38. The van der Waals surface area contributed by atoms with E-state index in [4.69, 9.17) is 5.73 Å². The Morgan fingerprint density at radius 3 is 3.09 bits per heavy atom. The molecule has 0 radical (unpaired) electrons. The Morgan fingerprint density at radius 1 is 1.64 bits per heavy atom. The van der Waals surface area contributed by atoms with Gasteiger partial charge in [0.15, 0.2) is 0 Å². The van der Waals surface area contributed by atoms with Crippen molar-refractivity contribution in [3.63, 3.8) is 0 Å². The minimum atomic E-state index is 0.795. The van der Waals surface area contributed by atoms with Gasteiger partial charge in [-0.15, -0.1) is 23.1 Å². The molecule has 0 aromatic carbocycles. The van der Waals surface area contributed by atoms with Gasteiger partial charge in [0.25, 0.3) is 0 Å². The minimum Gasteiger partial charge on any atom is -0.330 e. The number of aryl methyl sites for hydroxylation is 1. The number of hydrogen-bond acceptors (Lipinski definition) is 3. The van der Waals surface area contributed by atoms with Crippen LogP contribution in [0.1, 0.15) is 12.0 Å². The molecule has 0 unspecified atom stereocenters. The first-order valence-corrected chi connectivity index (χ1v) is 5.79. The molecular formula is C8H13NS2. The zero-order chi connectivity index (χ0) is 8.10. The third kappa shape index (κ3) is 2.51. The maximum atomic E-state index is 5.43. The van der Waals surface area contributed by atoms with Crippen molar-refractivity contribution < 1.29 is 0 Å². The van der Waals surface area contributed by atoms with Crippen LogP contribution in [0.2, 0.25) is 0 Å². The van der Waals surface area contributed by atoms with Gasteiger partial charge in [0.05, 0.1) is 4.21 Å². The smallest absolute Gasteiger partial charge is 0.0627 e. The van der Waals surface area contributed by atoms with Crippen LogP contribution in [0.15, 0.2) is 15.7 Å². The topological polar surface area (TPSA) is 26.0 Å². The summed E-state index contributed by atoms with van der Waals surface area (Å²) in [6.07, 6.45) is 4.36. The Morgan fingerprint density at radius 2 is 2.45 bits per heavy atom. The van der Waals surface area contributed by atoms with Crippen LogP contribution in [0.3, 0.4) is 0 Å². The fourth-order valence-electron chi connectivity index (χ4n) is 0.979. The quantitative estimate of drug-likeness (QED) is 0.732. The molecule has 62 valence electrons. The van der Waals surface area contributed by atoms with Crippen molar-refractivity contribution in [2.75, 3.05) is 12.8 Å². The molecule has 1 rings (SSSR count). The molecule has 11 heavy (non-hydrogen) atoms. The molecule has 1 nitrogen and oxygen atoms in total. The lowest BCUT2D eigenvalue weighted by Crippen LogP contribution is -1.99. The molecule has 0 bridgehead atoms. The van der Waals surface area contributed by atoms with Crippen molar-refractivity contribution >= 4 is 23.1 Å². The van der Waals surface area contributed by atoms with E-state index in [1.807, 2.05) is 23.1 Å². The number of nitrogens with two attached hydrogens (primary N) is 1. The highest BCUT2D eigenvalue weighted by molar-refractivity contribution is 8.00. The first-order valence-electron chi connectivity index (χ1n) is 3.69. The molecular weight excluding hydrogens is 174 g/mol. The Hall–Kier alpha value is 0.01000. The van der Waals surface area contributed by atoms with E-state index >= 15 is 0 Å². The van der Waals surface area contributed by atoms with Crippen molar-refractivity contribution in [2.24, 2.45) is 5.73 Å². The first kappa shape index (κ1) is 9.10. The van der Waals surface area contributed by atoms with Crippen molar-refractivity contribution in [1.29, 1.82) is 0 Å². The van der Waals surface area contributed by atoms with E-state index in [2.05, 4.69) is 17.7 Å². The molecule has 0 saturated carbocycles. The van der Waals surface area contributed by atoms with Crippen LogP contribution in [0.5, 0.6) is 0 Å². The van der Waals surface area contributed by atoms with Crippen LogP contribution < -0.4 is 5.73 Å². The SMILES string of the molecule is CSc1sccc1CCCN. The van der Waals surface area contributed by atoms with Crippen molar-refractivity contribution in [1.82, 2.24) is 0 Å². The van der Waals surface area contributed by atoms with Gasteiger partial charge in [-0.25, -0.2) is 0 Å². The van der Waals surface area contributed by atoms with Crippen molar-refractivity contribution in [3.05, 3.63) is 17.0 Å². The zero-order valence-electron chi connectivity index (χ0n) is 6.67. The van der Waals surface area contributed by atoms with Gasteiger partial charge < -0.3 is 5.73 Å². The summed E-state index contributed by atoms with van der Waals surface area (Å²) < 4.78 is 1.44. The number of thioether (sulfide) groups is 1. The molecule has 0 amide bonds. The Kier molecular flexibility index (Phi) is 3.97. The van der Waals surface area contributed by atoms with Gasteiger partial charge in [-0.1, -0.05) is 0 Å². The summed E-state index contributed by atoms with van der Waals surface area (Å²) in [5.74, 6) is 0. The van der Waals surface area contributed by atoms with Gasteiger partial charge in [-0.2, -0.15) is 0 Å². The van der Waals surface area contributed by atoms with Crippen molar-refractivity contribution in [2.45, 2.75) is 17.1 Å². The third-order valence-electron chi connectivity index (χ3n) is 1.54. The average Bonchev–Trinajstić information content (AvgIpc) is 2.47. The van der Waals surface area contributed by atoms with Crippen LogP contribution >= 0.6 is 23.1 Å². The summed E-state index contributed by atoms with van der Waals surface area (Å²) in [4.78, 5) is 0. The monoisotopic (exact) mass is 187 g/mol. The van der Waals surface area contributed by atoms with Crippen LogP contribution in [-0.2, 0) is 6.42 Å². The lowest BCUT2D eigenvalue weighted by Gasteiger charge is -1.97. The second-order valence-corrected chi connectivity index (χ2v) is 4.32. The highest BCUT2D eigenvalue weighted by Gasteiger charge is 2.00. The van der Waals surface area contributed by atoms with Gasteiger partial charge in [-0.05, 0) is 42.7 Å². The van der Waals surface area contributed by atoms with E-state index in [-0.39, 0.29) is 0 Å². The highest BCUT2D eigenvalue weighted by Crippen LogP contribution is 2.27. The number of rotatable bonds is 4. The summed E-state index contributed by atoms with van der Waals surface area (Å²) in [6.45, 7) is 0.795. The molecule has 1 aromatic heterocycles. The van der Waals surface area contributed by atoms with E-state index in [1.54, 1.807) is 0 Å². The second-order valence-electron chi connectivity index (χ2n) is 2.33. The fourth-order valence-corrected chi connectivity index (χ4v) is 2.64. The fraction of sp³-hybridized carbons (Fsp3) is 0.500. The van der Waals surface area contributed by atoms with Gasteiger partial charge in [0.2, 0.25) is 0 Å². The lowest BCUT2D eigenvalue weighted by molar-refractivity contribution is 0.827. The van der Waals surface area contributed by atoms with Gasteiger partial charge in [-0.3, -0.25) is 0 Å². The third-order valence-corrected chi connectivity index (χ3v) is 3.71. The Labute approximate surface area is 76.0 Å². The second kappa shape index (κ2) is 4.80. The summed E-state index contributed by atoms with van der Waals surface area (Å²) in [5, 5.41) is 2.15. The number of hydrogen-bond donors (Lipinski definition) is 1. The predicted octanol–water partition coefficient (Wildman–Crippen LogP) is 2.36. The van der Waals surface area contributed by atoms with Gasteiger partial charge in [0.1, 0.15) is 0 Å². The van der Waals surface area contributed by atoms with E-state index in [1.165, 1.54) is 9.77 Å².